The van der Waals surface area contributed by atoms with E-state index in [2.05, 4.69) is 24.3 Å². The molecule has 2 aliphatic carbocycles. The summed E-state index contributed by atoms with van der Waals surface area (Å²) in [5.74, 6) is 1.50. The summed E-state index contributed by atoms with van der Waals surface area (Å²) in [6.45, 7) is 1.62. The number of ether oxygens (including phenoxy) is 1. The molecule has 3 aliphatic rings. The molecule has 1 aromatic rings. The molecule has 88 valence electrons. The van der Waals surface area contributed by atoms with Crippen molar-refractivity contribution in [2.45, 2.75) is 5.60 Å². The summed E-state index contributed by atoms with van der Waals surface area (Å²) in [6, 6.07) is 10.1. The predicted octanol–water partition coefficient (Wildman–Crippen LogP) is 1.95. The Morgan fingerprint density at radius 3 is 2.18 bits per heavy atom. The van der Waals surface area contributed by atoms with Gasteiger partial charge in [0.15, 0.2) is 0 Å². The minimum atomic E-state index is -0.680. The fourth-order valence-corrected chi connectivity index (χ4v) is 4.11. The van der Waals surface area contributed by atoms with Gasteiger partial charge < -0.3 is 9.84 Å². The third-order valence-corrected chi connectivity index (χ3v) is 4.87. The summed E-state index contributed by atoms with van der Waals surface area (Å²) >= 11 is 0. The minimum Gasteiger partial charge on any atom is -0.384 e. The summed E-state index contributed by atoms with van der Waals surface area (Å²) in [6.07, 6.45) is 4.40. The molecule has 1 aliphatic heterocycles. The summed E-state index contributed by atoms with van der Waals surface area (Å²) in [5.41, 5.74) is 0.384. The van der Waals surface area contributed by atoms with Gasteiger partial charge in [-0.1, -0.05) is 42.5 Å². The third kappa shape index (κ3) is 1.08. The van der Waals surface area contributed by atoms with Crippen molar-refractivity contribution in [1.82, 2.24) is 0 Å². The lowest BCUT2D eigenvalue weighted by molar-refractivity contribution is -0.0247. The smallest absolute Gasteiger partial charge is 0.103 e. The van der Waals surface area contributed by atoms with Crippen LogP contribution in [0.5, 0.6) is 0 Å². The summed E-state index contributed by atoms with van der Waals surface area (Å²) < 4.78 is 5.57. The molecule has 1 N–H and O–H groups in total. The maximum absolute atomic E-state index is 11.1. The van der Waals surface area contributed by atoms with Crippen LogP contribution in [0.1, 0.15) is 5.56 Å². The lowest BCUT2D eigenvalue weighted by Gasteiger charge is -2.31. The van der Waals surface area contributed by atoms with Crippen molar-refractivity contribution in [3.8, 4) is 0 Å². The van der Waals surface area contributed by atoms with Crippen LogP contribution in [0, 0.1) is 23.7 Å². The van der Waals surface area contributed by atoms with Crippen molar-refractivity contribution < 1.29 is 9.84 Å². The van der Waals surface area contributed by atoms with Crippen LogP contribution >= 0.6 is 0 Å². The van der Waals surface area contributed by atoms with Crippen molar-refractivity contribution in [1.29, 1.82) is 0 Å². The Kier molecular flexibility index (Phi) is 1.86. The SMILES string of the molecule is OC1(c2ccccc2)[C@@H]2C=C[C@H]1[C@H]1COC[C@H]12. The second-order valence-corrected chi connectivity index (χ2v) is 5.49. The fraction of sp³-hybridized carbons (Fsp3) is 0.467. The Labute approximate surface area is 101 Å². The first-order valence-electron chi connectivity index (χ1n) is 6.36. The van der Waals surface area contributed by atoms with Crippen LogP contribution in [-0.2, 0) is 10.3 Å². The molecule has 1 unspecified atom stereocenters. The molecule has 0 amide bonds. The van der Waals surface area contributed by atoms with Gasteiger partial charge in [-0.15, -0.1) is 0 Å². The zero-order valence-corrected chi connectivity index (χ0v) is 9.62. The van der Waals surface area contributed by atoms with Gasteiger partial charge in [0.1, 0.15) is 5.60 Å². The third-order valence-electron chi connectivity index (χ3n) is 4.87. The second kappa shape index (κ2) is 3.21. The number of hydrogen-bond donors (Lipinski definition) is 1. The van der Waals surface area contributed by atoms with Crippen LogP contribution in [0.25, 0.3) is 0 Å². The van der Waals surface area contributed by atoms with Gasteiger partial charge >= 0.3 is 0 Å². The van der Waals surface area contributed by atoms with Gasteiger partial charge in [0, 0.05) is 11.8 Å². The largest absolute Gasteiger partial charge is 0.384 e. The van der Waals surface area contributed by atoms with E-state index in [-0.39, 0.29) is 11.8 Å². The lowest BCUT2D eigenvalue weighted by Crippen LogP contribution is -2.34. The summed E-state index contributed by atoms with van der Waals surface area (Å²) in [4.78, 5) is 0. The minimum absolute atomic E-state index is 0.238. The quantitative estimate of drug-likeness (QED) is 0.744. The van der Waals surface area contributed by atoms with Crippen LogP contribution in [-0.4, -0.2) is 18.3 Å². The Morgan fingerprint density at radius 2 is 1.59 bits per heavy atom. The average Bonchev–Trinajstić information content (AvgIpc) is 3.02. The van der Waals surface area contributed by atoms with E-state index >= 15 is 0 Å². The molecule has 17 heavy (non-hydrogen) atoms. The van der Waals surface area contributed by atoms with Crippen molar-refractivity contribution in [2.24, 2.45) is 23.7 Å². The molecule has 1 aromatic carbocycles. The van der Waals surface area contributed by atoms with Crippen molar-refractivity contribution >= 4 is 0 Å². The molecule has 4 rings (SSSR count). The number of hydrogen-bond acceptors (Lipinski definition) is 2. The Bertz CT molecular complexity index is 445. The molecule has 1 saturated heterocycles. The molecule has 1 saturated carbocycles. The first-order valence-corrected chi connectivity index (χ1v) is 6.36. The molecular formula is C15H16O2. The van der Waals surface area contributed by atoms with Crippen LogP contribution in [0.3, 0.4) is 0 Å². The normalized spacial score (nSPS) is 46.4. The maximum atomic E-state index is 11.1. The van der Waals surface area contributed by atoms with Crippen molar-refractivity contribution in [2.75, 3.05) is 13.2 Å². The monoisotopic (exact) mass is 228 g/mol. The summed E-state index contributed by atoms with van der Waals surface area (Å²) in [5, 5.41) is 11.1. The Balaban J connectivity index is 1.82. The van der Waals surface area contributed by atoms with E-state index in [4.69, 9.17) is 4.74 Å². The van der Waals surface area contributed by atoms with Crippen molar-refractivity contribution in [3.63, 3.8) is 0 Å². The average molecular weight is 228 g/mol. The van der Waals surface area contributed by atoms with E-state index in [9.17, 15) is 5.11 Å². The molecule has 2 fully saturated rings. The van der Waals surface area contributed by atoms with Gasteiger partial charge in [-0.3, -0.25) is 0 Å². The van der Waals surface area contributed by atoms with E-state index in [1.165, 1.54) is 0 Å². The van der Waals surface area contributed by atoms with Crippen LogP contribution in [0.2, 0.25) is 0 Å². The number of aliphatic hydroxyl groups is 1. The first-order chi connectivity index (χ1) is 8.32. The highest BCUT2D eigenvalue weighted by Crippen LogP contribution is 2.60. The van der Waals surface area contributed by atoms with E-state index in [0.29, 0.717) is 11.8 Å². The van der Waals surface area contributed by atoms with Crippen LogP contribution in [0.4, 0.5) is 0 Å². The highest BCUT2D eigenvalue weighted by molar-refractivity contribution is 5.36. The van der Waals surface area contributed by atoms with Gasteiger partial charge in [0.05, 0.1) is 13.2 Å². The van der Waals surface area contributed by atoms with E-state index in [1.807, 2.05) is 18.2 Å². The van der Waals surface area contributed by atoms with Crippen LogP contribution < -0.4 is 0 Å². The maximum Gasteiger partial charge on any atom is 0.103 e. The van der Waals surface area contributed by atoms with Gasteiger partial charge in [0.2, 0.25) is 0 Å². The fourth-order valence-electron chi connectivity index (χ4n) is 4.11. The standard InChI is InChI=1S/C15H16O2/c16-15(10-4-2-1-3-5-10)13-6-7-14(15)12-9-17-8-11(12)13/h1-7,11-14,16H,8-9H2/t11-,12+,13-,14+,15?. The molecule has 0 radical (unpaired) electrons. The number of benzene rings is 1. The highest BCUT2D eigenvalue weighted by Gasteiger charge is 2.62. The van der Waals surface area contributed by atoms with E-state index in [0.717, 1.165) is 18.8 Å². The molecule has 1 heterocycles. The summed E-state index contributed by atoms with van der Waals surface area (Å²) in [7, 11) is 0. The van der Waals surface area contributed by atoms with Gasteiger partial charge in [-0.25, -0.2) is 0 Å². The molecule has 2 nitrogen and oxygen atoms in total. The highest BCUT2D eigenvalue weighted by atomic mass is 16.5. The van der Waals surface area contributed by atoms with E-state index in [1.54, 1.807) is 0 Å². The van der Waals surface area contributed by atoms with Gasteiger partial charge in [-0.2, -0.15) is 0 Å². The molecule has 5 atom stereocenters. The van der Waals surface area contributed by atoms with Gasteiger partial charge in [-0.05, 0) is 17.4 Å². The first kappa shape index (κ1) is 9.86. The van der Waals surface area contributed by atoms with Crippen LogP contribution in [0.15, 0.2) is 42.5 Å². The number of rotatable bonds is 1. The zero-order chi connectivity index (χ0) is 11.5. The molecule has 2 bridgehead atoms. The Morgan fingerprint density at radius 1 is 1.00 bits per heavy atom. The van der Waals surface area contributed by atoms with E-state index < -0.39 is 5.60 Å². The second-order valence-electron chi connectivity index (χ2n) is 5.49. The number of fused-ring (bicyclic) bond motifs is 5. The topological polar surface area (TPSA) is 29.5 Å². The van der Waals surface area contributed by atoms with Crippen molar-refractivity contribution in [3.05, 3.63) is 48.0 Å². The lowest BCUT2D eigenvalue weighted by atomic mass is 9.81. The predicted molar refractivity (Wildman–Crippen MR) is 64.3 cm³/mol. The Hall–Kier alpha value is -1.12. The molecule has 0 spiro atoms. The molecule has 0 aromatic heterocycles. The van der Waals surface area contributed by atoms with Gasteiger partial charge in [0.25, 0.3) is 0 Å². The molecular weight excluding hydrogens is 212 g/mol. The zero-order valence-electron chi connectivity index (χ0n) is 9.62. The molecule has 2 heteroatoms.